The standard InChI is InChI=1S/C3F2O2.2Al.4H/c4-3(5,1-6)2-7;;;;;;. The minimum atomic E-state index is -3.65. The summed E-state index contributed by atoms with van der Waals surface area (Å²) >= 11 is -0.525. The Hall–Kier alpha value is 0.265. The van der Waals surface area contributed by atoms with Gasteiger partial charge in [0, 0.05) is 0 Å². The molecule has 9 heavy (non-hydrogen) atoms. The third-order valence-electron chi connectivity index (χ3n) is 0.884. The molecule has 0 aromatic rings. The molecule has 0 radical (unpaired) electrons. The third-order valence-corrected chi connectivity index (χ3v) is 2.14. The molecule has 0 spiro atoms. The lowest BCUT2D eigenvalue weighted by Gasteiger charge is -2.08. The second kappa shape index (κ2) is 2.90. The molecule has 0 aromatic carbocycles. The zero-order valence-electron chi connectivity index (χ0n) is 5.07. The Labute approximate surface area is 66.4 Å². The van der Waals surface area contributed by atoms with Crippen molar-refractivity contribution < 1.29 is 18.4 Å². The van der Waals surface area contributed by atoms with Gasteiger partial charge in [0.25, 0.3) is 0 Å². The molecule has 0 aliphatic rings. The van der Waals surface area contributed by atoms with E-state index in [4.69, 9.17) is 0 Å². The van der Waals surface area contributed by atoms with E-state index in [0.717, 1.165) is 0 Å². The van der Waals surface area contributed by atoms with E-state index in [1.165, 1.54) is 0 Å². The Kier molecular flexibility index (Phi) is 2.99. The van der Waals surface area contributed by atoms with Crippen LogP contribution in [0.2, 0.25) is 0 Å². The fourth-order valence-electron chi connectivity index (χ4n) is 0.248. The molecular formula is C3H4Al2F2O2. The van der Waals surface area contributed by atoms with E-state index in [2.05, 4.69) is 0 Å². The molecule has 0 N–H and O–H groups in total. The van der Waals surface area contributed by atoms with Crippen LogP contribution >= 0.6 is 0 Å². The molecule has 0 saturated carbocycles. The number of carbonyl (C=O) groups excluding carboxylic acids is 2. The lowest BCUT2D eigenvalue weighted by molar-refractivity contribution is -0.145. The molecule has 0 heterocycles. The van der Waals surface area contributed by atoms with Crippen LogP contribution in [0.25, 0.3) is 0 Å². The number of hydrogen-bond donors (Lipinski definition) is 0. The van der Waals surface area contributed by atoms with Gasteiger partial charge in [-0.15, -0.1) is 0 Å². The maximum absolute atomic E-state index is 12.0. The Morgan fingerprint density at radius 2 is 1.33 bits per heavy atom. The maximum atomic E-state index is 12.0. The zero-order chi connectivity index (χ0) is 7.65. The fraction of sp³-hybridized carbons (Fsp3) is 0.333. The van der Waals surface area contributed by atoms with Crippen molar-refractivity contribution in [3.63, 3.8) is 0 Å². The van der Waals surface area contributed by atoms with Crippen LogP contribution in [-0.2, 0) is 9.59 Å². The normalized spacial score (nSPS) is 10.9. The van der Waals surface area contributed by atoms with E-state index in [-0.39, 0.29) is 32.6 Å². The molecule has 0 rings (SSSR count). The summed E-state index contributed by atoms with van der Waals surface area (Å²) in [5.74, 6) is -3.65. The Balaban J connectivity index is 4.38. The smallest absolute Gasteiger partial charge is 0.315 e. The zero-order valence-corrected chi connectivity index (χ0v) is 9.07. The number of rotatable bonds is 2. The summed E-state index contributed by atoms with van der Waals surface area (Å²) in [5.41, 5.74) is 0. The Morgan fingerprint density at radius 3 is 1.33 bits per heavy atom. The van der Waals surface area contributed by atoms with Crippen molar-refractivity contribution in [3.05, 3.63) is 0 Å². The largest absolute Gasteiger partial charge is 0.330 e. The molecule has 0 saturated heterocycles. The van der Waals surface area contributed by atoms with Crippen molar-refractivity contribution in [1.82, 2.24) is 0 Å². The molecule has 0 fully saturated rings. The van der Waals surface area contributed by atoms with Gasteiger partial charge in [-0.3, -0.25) is 0 Å². The molecule has 0 amide bonds. The molecule has 0 aliphatic carbocycles. The first-order valence-electron chi connectivity index (χ1n) is 2.29. The van der Waals surface area contributed by atoms with Crippen LogP contribution in [0.15, 0.2) is 0 Å². The Morgan fingerprint density at radius 1 is 1.11 bits per heavy atom. The second-order valence-corrected chi connectivity index (χ2v) is 3.50. The fourth-order valence-corrected chi connectivity index (χ4v) is 1.45. The molecule has 0 bridgehead atoms. The molecule has 0 unspecified atom stereocenters. The average molecular weight is 164 g/mol. The summed E-state index contributed by atoms with van der Waals surface area (Å²) in [4.78, 5) is 20.0. The van der Waals surface area contributed by atoms with Crippen molar-refractivity contribution >= 4 is 41.9 Å². The number of carbonyl (C=O) groups is 2. The van der Waals surface area contributed by atoms with Crippen LogP contribution in [0.1, 0.15) is 0 Å². The van der Waals surface area contributed by atoms with E-state index in [0.29, 0.717) is 0 Å². The van der Waals surface area contributed by atoms with Crippen molar-refractivity contribution in [2.24, 2.45) is 0 Å². The Bertz CT molecular complexity index is 140. The molecule has 0 aliphatic heterocycles. The van der Waals surface area contributed by atoms with Crippen LogP contribution in [-0.4, -0.2) is 47.8 Å². The second-order valence-electron chi connectivity index (χ2n) is 1.69. The van der Waals surface area contributed by atoms with Gasteiger partial charge in [-0.05, 0) is 0 Å². The minimum absolute atomic E-state index is 0.262. The summed E-state index contributed by atoms with van der Waals surface area (Å²) in [7, 11) is 0. The monoisotopic (exact) mass is 164 g/mol. The highest BCUT2D eigenvalue weighted by Crippen LogP contribution is 2.11. The lowest BCUT2D eigenvalue weighted by atomic mass is 10.4. The maximum Gasteiger partial charge on any atom is 0.330 e. The van der Waals surface area contributed by atoms with Crippen LogP contribution in [0.3, 0.4) is 0 Å². The summed E-state index contributed by atoms with van der Waals surface area (Å²) in [5, 5.41) is 0. The topological polar surface area (TPSA) is 34.1 Å². The van der Waals surface area contributed by atoms with Gasteiger partial charge < -0.3 is 9.59 Å². The summed E-state index contributed by atoms with van der Waals surface area (Å²) in [6.07, 6.45) is 0. The lowest BCUT2D eigenvalue weighted by Crippen LogP contribution is -2.38. The average Bonchev–Trinajstić information content (AvgIpc) is 1.65. The van der Waals surface area contributed by atoms with E-state index in [1.54, 1.807) is 0 Å². The van der Waals surface area contributed by atoms with E-state index in [9.17, 15) is 18.4 Å². The highest BCUT2D eigenvalue weighted by Gasteiger charge is 2.37. The highest BCUT2D eigenvalue weighted by atomic mass is 27.1. The van der Waals surface area contributed by atoms with Gasteiger partial charge in [-0.25, -0.2) is 0 Å². The molecule has 6 heteroatoms. The first-order chi connectivity index (χ1) is 3.89. The molecule has 2 nitrogen and oxygen atoms in total. The molecular weight excluding hydrogens is 160 g/mol. The van der Waals surface area contributed by atoms with E-state index in [1.807, 2.05) is 0 Å². The third kappa shape index (κ3) is 2.16. The number of hydrogen-bond acceptors (Lipinski definition) is 2. The van der Waals surface area contributed by atoms with Crippen molar-refractivity contribution in [3.8, 4) is 0 Å². The van der Waals surface area contributed by atoms with Crippen LogP contribution in [0.5, 0.6) is 0 Å². The first kappa shape index (κ1) is 9.26. The van der Waals surface area contributed by atoms with Gasteiger partial charge in [0.05, 0.1) is 0 Å². The van der Waals surface area contributed by atoms with Crippen LogP contribution in [0, 0.1) is 0 Å². The van der Waals surface area contributed by atoms with Crippen molar-refractivity contribution in [2.75, 3.05) is 0 Å². The molecule has 48 valence electrons. The van der Waals surface area contributed by atoms with Gasteiger partial charge in [-0.1, -0.05) is 0 Å². The number of alkyl halides is 2. The van der Waals surface area contributed by atoms with E-state index >= 15 is 0 Å². The molecule has 0 atom stereocenters. The summed E-state index contributed by atoms with van der Waals surface area (Å²) in [6.45, 7) is 0. The highest BCUT2D eigenvalue weighted by molar-refractivity contribution is 6.70. The van der Waals surface area contributed by atoms with E-state index < -0.39 is 15.2 Å². The van der Waals surface area contributed by atoms with Crippen LogP contribution < -0.4 is 0 Å². The quantitative estimate of drug-likeness (QED) is 0.347. The van der Waals surface area contributed by atoms with Gasteiger partial charge in [0.1, 0.15) is 9.29 Å². The van der Waals surface area contributed by atoms with Gasteiger partial charge in [0.2, 0.25) is 0 Å². The predicted molar refractivity (Wildman–Crippen MR) is 32.0 cm³/mol. The van der Waals surface area contributed by atoms with Gasteiger partial charge >= 0.3 is 38.5 Å². The van der Waals surface area contributed by atoms with Gasteiger partial charge in [0.15, 0.2) is 0 Å². The predicted octanol–water partition coefficient (Wildman–Crippen LogP) is -2.06. The van der Waals surface area contributed by atoms with Crippen molar-refractivity contribution in [1.29, 1.82) is 0 Å². The summed E-state index contributed by atoms with van der Waals surface area (Å²) in [6, 6.07) is 0. The minimum Gasteiger partial charge on any atom is -0.315 e. The van der Waals surface area contributed by atoms with Crippen LogP contribution in [0.4, 0.5) is 8.78 Å². The SMILES string of the molecule is O=[C]([AlH2])C(F)(F)[C](=O)[AlH2]. The van der Waals surface area contributed by atoms with Gasteiger partial charge in [-0.2, -0.15) is 8.78 Å². The number of halogens is 2. The molecule has 0 aromatic heterocycles. The summed E-state index contributed by atoms with van der Waals surface area (Å²) < 4.78 is 21.6. The van der Waals surface area contributed by atoms with Crippen molar-refractivity contribution in [2.45, 2.75) is 5.92 Å². The first-order valence-corrected chi connectivity index (χ1v) is 4.29.